The molecule has 0 aliphatic rings. The number of alkyl halides is 3. The van der Waals surface area contributed by atoms with Gasteiger partial charge in [-0.15, -0.1) is 0 Å². The van der Waals surface area contributed by atoms with Crippen molar-refractivity contribution in [1.82, 2.24) is 9.78 Å². The van der Waals surface area contributed by atoms with Gasteiger partial charge in [-0.1, -0.05) is 6.92 Å². The summed E-state index contributed by atoms with van der Waals surface area (Å²) < 4.78 is 43.3. The van der Waals surface area contributed by atoms with E-state index in [0.29, 0.717) is 18.0 Å². The van der Waals surface area contributed by atoms with Gasteiger partial charge in [0.25, 0.3) is 0 Å². The summed E-state index contributed by atoms with van der Waals surface area (Å²) in [7, 11) is 1.45. The van der Waals surface area contributed by atoms with E-state index in [2.05, 4.69) is 5.10 Å². The average Bonchev–Trinajstić information content (AvgIpc) is 2.71. The summed E-state index contributed by atoms with van der Waals surface area (Å²) in [5, 5.41) is 14.6. The van der Waals surface area contributed by atoms with E-state index in [9.17, 15) is 18.3 Å². The zero-order valence-electron chi connectivity index (χ0n) is 12.0. The van der Waals surface area contributed by atoms with Crippen molar-refractivity contribution >= 4 is 0 Å². The summed E-state index contributed by atoms with van der Waals surface area (Å²) in [4.78, 5) is 0. The normalized spacial score (nSPS) is 15.2. The van der Waals surface area contributed by atoms with Crippen LogP contribution in [0.4, 0.5) is 13.2 Å². The highest BCUT2D eigenvalue weighted by Gasteiger charge is 2.34. The molecule has 4 nitrogen and oxygen atoms in total. The van der Waals surface area contributed by atoms with Gasteiger partial charge in [0.05, 0.1) is 13.3 Å². The van der Waals surface area contributed by atoms with Gasteiger partial charge in [0.1, 0.15) is 11.3 Å². The fraction of sp³-hybridized carbons (Fsp3) is 0.769. The van der Waals surface area contributed by atoms with Gasteiger partial charge in [-0.3, -0.25) is 4.68 Å². The molecule has 0 spiro atoms. The maximum atomic E-state index is 12.2. The fourth-order valence-corrected chi connectivity index (χ4v) is 2.19. The molecule has 0 aromatic carbocycles. The molecule has 0 aliphatic heterocycles. The van der Waals surface area contributed by atoms with Crippen LogP contribution in [0.5, 0.6) is 5.75 Å². The largest absolute Gasteiger partial charge is 0.493 e. The molecule has 116 valence electrons. The van der Waals surface area contributed by atoms with Crippen molar-refractivity contribution in [2.45, 2.75) is 57.9 Å². The minimum absolute atomic E-state index is 0.00171. The van der Waals surface area contributed by atoms with E-state index < -0.39 is 18.2 Å². The van der Waals surface area contributed by atoms with E-state index in [1.807, 2.05) is 6.92 Å². The van der Waals surface area contributed by atoms with Crippen molar-refractivity contribution in [1.29, 1.82) is 0 Å². The van der Waals surface area contributed by atoms with Crippen LogP contribution in [0.2, 0.25) is 0 Å². The van der Waals surface area contributed by atoms with Crippen molar-refractivity contribution in [2.24, 2.45) is 0 Å². The standard InChI is InChI=1S/C13H21F3N2O2/c1-4-8-18-11(10(20-3)9-17-18)12(2,19)6-5-7-13(14,15)16/h9,19H,4-8H2,1-3H3. The smallest absolute Gasteiger partial charge is 0.389 e. The number of aliphatic hydroxyl groups is 1. The highest BCUT2D eigenvalue weighted by Crippen LogP contribution is 2.35. The number of rotatable bonds is 7. The van der Waals surface area contributed by atoms with Crippen LogP contribution in [0.25, 0.3) is 0 Å². The van der Waals surface area contributed by atoms with Crippen molar-refractivity contribution in [3.05, 3.63) is 11.9 Å². The molecule has 1 heterocycles. The summed E-state index contributed by atoms with van der Waals surface area (Å²) >= 11 is 0. The van der Waals surface area contributed by atoms with Crippen LogP contribution in [0.15, 0.2) is 6.20 Å². The number of nitrogens with zero attached hydrogens (tertiary/aromatic N) is 2. The zero-order valence-corrected chi connectivity index (χ0v) is 12.0. The number of aromatic nitrogens is 2. The van der Waals surface area contributed by atoms with Crippen LogP contribution >= 0.6 is 0 Å². The van der Waals surface area contributed by atoms with Crippen LogP contribution in [0, 0.1) is 0 Å². The lowest BCUT2D eigenvalue weighted by Gasteiger charge is -2.25. The third kappa shape index (κ3) is 4.40. The Labute approximate surface area is 116 Å². The van der Waals surface area contributed by atoms with E-state index in [1.54, 1.807) is 4.68 Å². The summed E-state index contributed by atoms with van der Waals surface area (Å²) in [6, 6.07) is 0. The van der Waals surface area contributed by atoms with Gasteiger partial charge in [-0.05, 0) is 26.2 Å². The molecular weight excluding hydrogens is 273 g/mol. The van der Waals surface area contributed by atoms with Gasteiger partial charge < -0.3 is 9.84 Å². The first-order chi connectivity index (χ1) is 9.21. The topological polar surface area (TPSA) is 47.3 Å². The maximum Gasteiger partial charge on any atom is 0.389 e. The molecule has 7 heteroatoms. The Bertz CT molecular complexity index is 428. The van der Waals surface area contributed by atoms with E-state index in [-0.39, 0.29) is 12.8 Å². The molecule has 0 radical (unpaired) electrons. The molecule has 1 rings (SSSR count). The molecule has 0 amide bonds. The van der Waals surface area contributed by atoms with Crippen LogP contribution in [-0.4, -0.2) is 28.2 Å². The summed E-state index contributed by atoms with van der Waals surface area (Å²) in [5.41, 5.74) is -0.966. The number of hydrogen-bond donors (Lipinski definition) is 1. The number of aryl methyl sites for hydroxylation is 1. The predicted octanol–water partition coefficient (Wildman–Crippen LogP) is 3.24. The highest BCUT2D eigenvalue weighted by atomic mass is 19.4. The van der Waals surface area contributed by atoms with Crippen molar-refractivity contribution in [3.8, 4) is 5.75 Å². The maximum absolute atomic E-state index is 12.2. The van der Waals surface area contributed by atoms with Gasteiger partial charge in [0.15, 0.2) is 5.75 Å². The molecule has 0 saturated carbocycles. The summed E-state index contributed by atoms with van der Waals surface area (Å²) in [6.45, 7) is 4.03. The molecule has 0 bridgehead atoms. The lowest BCUT2D eigenvalue weighted by atomic mass is 9.94. The van der Waals surface area contributed by atoms with Gasteiger partial charge in [-0.2, -0.15) is 18.3 Å². The van der Waals surface area contributed by atoms with Crippen molar-refractivity contribution < 1.29 is 23.0 Å². The fourth-order valence-electron chi connectivity index (χ4n) is 2.19. The van der Waals surface area contributed by atoms with Crippen LogP contribution in [0.3, 0.4) is 0 Å². The molecular formula is C13H21F3N2O2. The predicted molar refractivity (Wildman–Crippen MR) is 68.5 cm³/mol. The summed E-state index contributed by atoms with van der Waals surface area (Å²) in [5.74, 6) is 0.399. The average molecular weight is 294 g/mol. The van der Waals surface area contributed by atoms with Crippen LogP contribution in [-0.2, 0) is 12.1 Å². The Morgan fingerprint density at radius 2 is 2.00 bits per heavy atom. The second-order valence-electron chi connectivity index (χ2n) is 5.03. The lowest BCUT2D eigenvalue weighted by Crippen LogP contribution is -2.27. The van der Waals surface area contributed by atoms with Crippen LogP contribution in [0.1, 0.15) is 45.2 Å². The molecule has 1 N–H and O–H groups in total. The number of methoxy groups -OCH3 is 1. The molecule has 0 fully saturated rings. The minimum atomic E-state index is -4.20. The minimum Gasteiger partial charge on any atom is -0.493 e. The number of halogens is 3. The zero-order chi connectivity index (χ0) is 15.4. The van der Waals surface area contributed by atoms with Crippen molar-refractivity contribution in [2.75, 3.05) is 7.11 Å². The molecule has 1 unspecified atom stereocenters. The van der Waals surface area contributed by atoms with Gasteiger partial charge in [-0.25, -0.2) is 0 Å². The third-order valence-corrected chi connectivity index (χ3v) is 3.10. The second-order valence-corrected chi connectivity index (χ2v) is 5.03. The van der Waals surface area contributed by atoms with Gasteiger partial charge in [0.2, 0.25) is 0 Å². The van der Waals surface area contributed by atoms with E-state index in [1.165, 1.54) is 20.2 Å². The Morgan fingerprint density at radius 1 is 1.35 bits per heavy atom. The van der Waals surface area contributed by atoms with Crippen molar-refractivity contribution in [3.63, 3.8) is 0 Å². The Kier molecular flexibility index (Phi) is 5.44. The first-order valence-electron chi connectivity index (χ1n) is 6.60. The van der Waals surface area contributed by atoms with E-state index >= 15 is 0 Å². The molecule has 1 atom stereocenters. The number of ether oxygens (including phenoxy) is 1. The first kappa shape index (κ1) is 16.8. The second kappa shape index (κ2) is 6.47. The monoisotopic (exact) mass is 294 g/mol. The Balaban J connectivity index is 2.87. The number of hydrogen-bond acceptors (Lipinski definition) is 3. The summed E-state index contributed by atoms with van der Waals surface area (Å²) in [6.07, 6.45) is -2.98. The van der Waals surface area contributed by atoms with E-state index in [0.717, 1.165) is 6.42 Å². The third-order valence-electron chi connectivity index (χ3n) is 3.10. The molecule has 20 heavy (non-hydrogen) atoms. The van der Waals surface area contributed by atoms with Gasteiger partial charge in [0, 0.05) is 13.0 Å². The quantitative estimate of drug-likeness (QED) is 0.839. The highest BCUT2D eigenvalue weighted by molar-refractivity contribution is 5.30. The lowest BCUT2D eigenvalue weighted by molar-refractivity contribution is -0.138. The molecule has 1 aromatic heterocycles. The van der Waals surface area contributed by atoms with Crippen LogP contribution < -0.4 is 4.74 Å². The SMILES string of the molecule is CCCn1ncc(OC)c1C(C)(O)CCCC(F)(F)F. The first-order valence-corrected chi connectivity index (χ1v) is 6.60. The van der Waals surface area contributed by atoms with Gasteiger partial charge >= 0.3 is 6.18 Å². The molecule has 1 aromatic rings. The molecule has 0 saturated heterocycles. The Hall–Kier alpha value is -1.24. The van der Waals surface area contributed by atoms with E-state index in [4.69, 9.17) is 4.74 Å². The molecule has 0 aliphatic carbocycles. The Morgan fingerprint density at radius 3 is 2.50 bits per heavy atom.